The topological polar surface area (TPSA) is 84.2 Å². The van der Waals surface area contributed by atoms with Gasteiger partial charge in [-0.05, 0) is 0 Å². The minimum atomic E-state index is -1.32. The molecule has 0 bridgehead atoms. The van der Waals surface area contributed by atoms with Crippen molar-refractivity contribution in [3.05, 3.63) is 12.7 Å². The van der Waals surface area contributed by atoms with Crippen LogP contribution in [-0.4, -0.2) is 57.5 Å². The number of rotatable bonds is 8. The predicted molar refractivity (Wildman–Crippen MR) is 52.3 cm³/mol. The molecule has 0 aromatic rings. The van der Waals surface area contributed by atoms with E-state index in [9.17, 15) is 0 Å². The van der Waals surface area contributed by atoms with Crippen LogP contribution >= 0.6 is 0 Å². The monoisotopic (exact) mass is 205 g/mol. The van der Waals surface area contributed by atoms with E-state index in [1.54, 1.807) is 6.08 Å². The van der Waals surface area contributed by atoms with Gasteiger partial charge in [-0.2, -0.15) is 0 Å². The zero-order valence-corrected chi connectivity index (χ0v) is 8.21. The van der Waals surface area contributed by atoms with E-state index in [0.29, 0.717) is 19.6 Å². The molecule has 0 aromatic heterocycles. The molecule has 0 atom stereocenters. The molecule has 84 valence electrons. The number of aliphatic hydroxyl groups excluding tert-OH is 2. The van der Waals surface area contributed by atoms with Gasteiger partial charge in [0, 0.05) is 32.5 Å². The smallest absolute Gasteiger partial charge is 0.152 e. The Labute approximate surface area is 83.9 Å². The van der Waals surface area contributed by atoms with Crippen LogP contribution in [0.4, 0.5) is 0 Å². The molecule has 0 aliphatic heterocycles. The van der Waals surface area contributed by atoms with E-state index in [4.69, 9.17) is 20.4 Å². The molecule has 0 spiro atoms. The van der Waals surface area contributed by atoms with Gasteiger partial charge in [0.25, 0.3) is 0 Å². The molecule has 0 amide bonds. The van der Waals surface area contributed by atoms with E-state index in [1.807, 2.05) is 4.90 Å². The van der Waals surface area contributed by atoms with Crippen molar-refractivity contribution in [2.75, 3.05) is 19.6 Å². The maximum absolute atomic E-state index is 8.65. The average molecular weight is 205 g/mol. The number of hydrogen-bond acceptors (Lipinski definition) is 5. The van der Waals surface area contributed by atoms with Gasteiger partial charge in [-0.3, -0.25) is 4.90 Å². The van der Waals surface area contributed by atoms with E-state index in [0.717, 1.165) is 0 Å². The van der Waals surface area contributed by atoms with Gasteiger partial charge < -0.3 is 20.4 Å². The summed E-state index contributed by atoms with van der Waals surface area (Å²) in [7, 11) is 0. The van der Waals surface area contributed by atoms with Crippen LogP contribution in [0.3, 0.4) is 0 Å². The highest BCUT2D eigenvalue weighted by Gasteiger charge is 2.07. The second-order valence-corrected chi connectivity index (χ2v) is 3.13. The predicted octanol–water partition coefficient (Wildman–Crippen LogP) is -1.12. The normalized spacial score (nSPS) is 11.6. The molecular weight excluding hydrogens is 186 g/mol. The van der Waals surface area contributed by atoms with Crippen molar-refractivity contribution in [1.82, 2.24) is 4.90 Å². The van der Waals surface area contributed by atoms with E-state index >= 15 is 0 Å². The van der Waals surface area contributed by atoms with Crippen molar-refractivity contribution in [1.29, 1.82) is 0 Å². The first-order valence-electron chi connectivity index (χ1n) is 4.61. The SMILES string of the molecule is C=CCN(CCC(O)O)CCC(O)O. The molecular formula is C9H19NO4. The Hall–Kier alpha value is -0.460. The van der Waals surface area contributed by atoms with Crippen molar-refractivity contribution in [3.63, 3.8) is 0 Å². The molecule has 0 unspecified atom stereocenters. The summed E-state index contributed by atoms with van der Waals surface area (Å²) in [5.41, 5.74) is 0. The van der Waals surface area contributed by atoms with Crippen LogP contribution in [0.2, 0.25) is 0 Å². The third-order valence-corrected chi connectivity index (χ3v) is 1.79. The minimum absolute atomic E-state index is 0.245. The largest absolute Gasteiger partial charge is 0.368 e. The summed E-state index contributed by atoms with van der Waals surface area (Å²) < 4.78 is 0. The average Bonchev–Trinajstić information content (AvgIpc) is 2.09. The molecule has 0 fully saturated rings. The van der Waals surface area contributed by atoms with Crippen LogP contribution in [0.5, 0.6) is 0 Å². The van der Waals surface area contributed by atoms with Gasteiger partial charge in [0.1, 0.15) is 0 Å². The lowest BCUT2D eigenvalue weighted by Gasteiger charge is -2.21. The van der Waals surface area contributed by atoms with Gasteiger partial charge >= 0.3 is 0 Å². The lowest BCUT2D eigenvalue weighted by Crippen LogP contribution is -2.30. The summed E-state index contributed by atoms with van der Waals surface area (Å²) in [5, 5.41) is 34.6. The summed E-state index contributed by atoms with van der Waals surface area (Å²) in [6.07, 6.45) is -0.458. The maximum Gasteiger partial charge on any atom is 0.152 e. The Bertz CT molecular complexity index is 138. The van der Waals surface area contributed by atoms with Crippen molar-refractivity contribution < 1.29 is 20.4 Å². The molecule has 5 heteroatoms. The highest BCUT2D eigenvalue weighted by Crippen LogP contribution is 1.98. The van der Waals surface area contributed by atoms with Gasteiger partial charge in [-0.15, -0.1) is 6.58 Å². The molecule has 0 saturated carbocycles. The molecule has 0 aliphatic rings. The van der Waals surface area contributed by atoms with Crippen molar-refractivity contribution >= 4 is 0 Å². The molecule has 0 rings (SSSR count). The fourth-order valence-corrected chi connectivity index (χ4v) is 1.07. The van der Waals surface area contributed by atoms with Crippen LogP contribution in [0.1, 0.15) is 12.8 Å². The van der Waals surface area contributed by atoms with E-state index in [-0.39, 0.29) is 12.8 Å². The van der Waals surface area contributed by atoms with E-state index < -0.39 is 12.6 Å². The summed E-state index contributed by atoms with van der Waals surface area (Å²) in [5.74, 6) is 0. The first kappa shape index (κ1) is 13.5. The zero-order valence-electron chi connectivity index (χ0n) is 8.21. The van der Waals surface area contributed by atoms with Crippen LogP contribution in [0.15, 0.2) is 12.7 Å². The fourth-order valence-electron chi connectivity index (χ4n) is 1.07. The molecule has 0 radical (unpaired) electrons. The van der Waals surface area contributed by atoms with Gasteiger partial charge in [-0.25, -0.2) is 0 Å². The van der Waals surface area contributed by atoms with Crippen LogP contribution < -0.4 is 0 Å². The second kappa shape index (κ2) is 7.90. The molecule has 5 nitrogen and oxygen atoms in total. The second-order valence-electron chi connectivity index (χ2n) is 3.13. The van der Waals surface area contributed by atoms with Crippen molar-refractivity contribution in [3.8, 4) is 0 Å². The van der Waals surface area contributed by atoms with Gasteiger partial charge in [0.15, 0.2) is 12.6 Å². The number of aliphatic hydroxyl groups is 4. The van der Waals surface area contributed by atoms with Crippen LogP contribution in [0.25, 0.3) is 0 Å². The first-order valence-corrected chi connectivity index (χ1v) is 4.61. The van der Waals surface area contributed by atoms with Gasteiger partial charge in [0.2, 0.25) is 0 Å². The van der Waals surface area contributed by atoms with Crippen LogP contribution in [0, 0.1) is 0 Å². The lowest BCUT2D eigenvalue weighted by molar-refractivity contribution is -0.0586. The van der Waals surface area contributed by atoms with Gasteiger partial charge in [-0.1, -0.05) is 6.08 Å². The number of nitrogens with zero attached hydrogens (tertiary/aromatic N) is 1. The molecule has 0 aromatic carbocycles. The van der Waals surface area contributed by atoms with Crippen molar-refractivity contribution in [2.45, 2.75) is 25.4 Å². The Balaban J connectivity index is 3.70. The summed E-state index contributed by atoms with van der Waals surface area (Å²) >= 11 is 0. The fraction of sp³-hybridized carbons (Fsp3) is 0.778. The van der Waals surface area contributed by atoms with E-state index in [1.165, 1.54) is 0 Å². The standard InChI is InChI=1S/C9H19NO4/c1-2-5-10(6-3-8(11)12)7-4-9(13)14/h2,8-9,11-14H,1,3-7H2. The van der Waals surface area contributed by atoms with Crippen LogP contribution in [-0.2, 0) is 0 Å². The van der Waals surface area contributed by atoms with E-state index in [2.05, 4.69) is 6.58 Å². The summed E-state index contributed by atoms with van der Waals surface area (Å²) in [6.45, 7) is 5.15. The minimum Gasteiger partial charge on any atom is -0.368 e. The molecule has 0 saturated heterocycles. The molecule has 4 N–H and O–H groups in total. The quantitative estimate of drug-likeness (QED) is 0.298. The molecule has 0 aliphatic carbocycles. The third-order valence-electron chi connectivity index (χ3n) is 1.79. The Morgan fingerprint density at radius 2 is 1.43 bits per heavy atom. The highest BCUT2D eigenvalue weighted by molar-refractivity contribution is 4.73. The van der Waals surface area contributed by atoms with Crippen molar-refractivity contribution in [2.24, 2.45) is 0 Å². The maximum atomic E-state index is 8.65. The lowest BCUT2D eigenvalue weighted by atomic mass is 10.3. The third kappa shape index (κ3) is 8.15. The molecule has 14 heavy (non-hydrogen) atoms. The summed E-state index contributed by atoms with van der Waals surface area (Å²) in [4.78, 5) is 1.87. The Morgan fingerprint density at radius 3 is 1.71 bits per heavy atom. The Kier molecular flexibility index (Phi) is 7.64. The zero-order chi connectivity index (χ0) is 11.0. The first-order chi connectivity index (χ1) is 6.56. The summed E-state index contributed by atoms with van der Waals surface area (Å²) in [6, 6.07) is 0. The number of hydrogen-bond donors (Lipinski definition) is 4. The highest BCUT2D eigenvalue weighted by atomic mass is 16.5. The Morgan fingerprint density at radius 1 is 1.00 bits per heavy atom. The van der Waals surface area contributed by atoms with Gasteiger partial charge in [0.05, 0.1) is 0 Å². The molecule has 0 heterocycles.